The molecule has 190 valence electrons. The third-order valence-electron chi connectivity index (χ3n) is 7.12. The van der Waals surface area contributed by atoms with E-state index < -0.39 is 9.84 Å². The molecular weight excluding hydrogens is 479 g/mol. The highest BCUT2D eigenvalue weighted by Gasteiger charge is 2.30. The Morgan fingerprint density at radius 3 is 2.19 bits per heavy atom. The van der Waals surface area contributed by atoms with Gasteiger partial charge in [-0.2, -0.15) is 0 Å². The van der Waals surface area contributed by atoms with Crippen LogP contribution in [-0.4, -0.2) is 80.3 Å². The van der Waals surface area contributed by atoms with Gasteiger partial charge in [-0.15, -0.1) is 0 Å². The minimum atomic E-state index is -3.23. The Morgan fingerprint density at radius 1 is 0.944 bits per heavy atom. The van der Waals surface area contributed by atoms with Gasteiger partial charge in [-0.05, 0) is 54.9 Å². The number of hydrogen-bond donors (Lipinski definition) is 1. The molecule has 2 aromatic carbocycles. The summed E-state index contributed by atoms with van der Waals surface area (Å²) in [5.74, 6) is 0.823. The van der Waals surface area contributed by atoms with Gasteiger partial charge in [0.15, 0.2) is 9.84 Å². The van der Waals surface area contributed by atoms with E-state index in [9.17, 15) is 12.8 Å². The van der Waals surface area contributed by atoms with Crippen LogP contribution in [0.15, 0.2) is 59.8 Å². The van der Waals surface area contributed by atoms with Gasteiger partial charge in [0.1, 0.15) is 23.8 Å². The summed E-state index contributed by atoms with van der Waals surface area (Å²) < 4.78 is 37.4. The number of rotatable bonds is 7. The van der Waals surface area contributed by atoms with Gasteiger partial charge in [0.25, 0.3) is 0 Å². The molecule has 1 aromatic heterocycles. The number of aromatic nitrogens is 2. The van der Waals surface area contributed by atoms with E-state index in [-0.39, 0.29) is 11.9 Å². The molecule has 0 aliphatic carbocycles. The molecule has 2 aliphatic rings. The van der Waals surface area contributed by atoms with Crippen LogP contribution in [-0.2, 0) is 9.84 Å². The first kappa shape index (κ1) is 24.6. The Hall–Kier alpha value is -3.08. The number of piperazine rings is 1. The summed E-state index contributed by atoms with van der Waals surface area (Å²) in [6, 6.07) is 13.7. The zero-order valence-corrected chi connectivity index (χ0v) is 21.2. The smallest absolute Gasteiger partial charge is 0.175 e. The molecule has 3 heterocycles. The van der Waals surface area contributed by atoms with Gasteiger partial charge in [-0.1, -0.05) is 24.3 Å². The van der Waals surface area contributed by atoms with Crippen molar-refractivity contribution in [3.8, 4) is 11.1 Å². The van der Waals surface area contributed by atoms with Crippen molar-refractivity contribution in [3.05, 3.63) is 66.2 Å². The van der Waals surface area contributed by atoms with Crippen LogP contribution in [0.5, 0.6) is 0 Å². The number of halogens is 1. The van der Waals surface area contributed by atoms with E-state index in [1.165, 1.54) is 31.1 Å². The third kappa shape index (κ3) is 5.21. The highest BCUT2D eigenvalue weighted by atomic mass is 32.2. The predicted octanol–water partition coefficient (Wildman–Crippen LogP) is 2.84. The summed E-state index contributed by atoms with van der Waals surface area (Å²) in [6.45, 7) is 6.25. The lowest BCUT2D eigenvalue weighted by Gasteiger charge is -2.43. The number of benzene rings is 2. The molecule has 1 atom stereocenters. The third-order valence-corrected chi connectivity index (χ3v) is 8.25. The quantitative estimate of drug-likeness (QED) is 0.519. The van der Waals surface area contributed by atoms with E-state index in [2.05, 4.69) is 24.7 Å². The van der Waals surface area contributed by atoms with Gasteiger partial charge in [0, 0.05) is 45.0 Å². The second-order valence-electron chi connectivity index (χ2n) is 9.50. The molecule has 8 nitrogen and oxygen atoms in total. The molecule has 0 radical (unpaired) electrons. The summed E-state index contributed by atoms with van der Waals surface area (Å²) in [5.41, 5.74) is 8.87. The molecule has 2 N–H and O–H groups in total. The first-order valence-electron chi connectivity index (χ1n) is 12.2. The maximum absolute atomic E-state index is 13.5. The Balaban J connectivity index is 1.36. The van der Waals surface area contributed by atoms with Crippen LogP contribution in [0.2, 0.25) is 0 Å². The zero-order valence-electron chi connectivity index (χ0n) is 20.3. The number of likely N-dealkylation sites (tertiary alicyclic amines) is 1. The van der Waals surface area contributed by atoms with E-state index in [1.54, 1.807) is 24.3 Å². The normalized spacial score (nSPS) is 18.1. The van der Waals surface area contributed by atoms with E-state index in [0.29, 0.717) is 10.7 Å². The van der Waals surface area contributed by atoms with Gasteiger partial charge in [0.2, 0.25) is 0 Å². The molecule has 0 spiro atoms. The fourth-order valence-electron chi connectivity index (χ4n) is 4.95. The highest BCUT2D eigenvalue weighted by Crippen LogP contribution is 2.34. The summed E-state index contributed by atoms with van der Waals surface area (Å²) in [5, 5.41) is 0. The molecule has 10 heteroatoms. The van der Waals surface area contributed by atoms with Crippen molar-refractivity contribution in [3.63, 3.8) is 0 Å². The molecule has 3 aromatic rings. The van der Waals surface area contributed by atoms with Crippen LogP contribution in [0, 0.1) is 5.82 Å². The van der Waals surface area contributed by atoms with E-state index in [4.69, 9.17) is 5.73 Å². The number of anilines is 2. The Morgan fingerprint density at radius 2 is 1.61 bits per heavy atom. The average Bonchev–Trinajstić information content (AvgIpc) is 2.84. The number of nitrogen functional groups attached to an aromatic ring is 1. The SMILES string of the molecule is CS(=O)(=O)c1ccc(C(CN2CCC2)N2CCN(c3ncnc(N)c3-c3ccc(F)cc3)CC2)cc1. The predicted molar refractivity (Wildman–Crippen MR) is 139 cm³/mol. The van der Waals surface area contributed by atoms with Crippen LogP contribution in [0.3, 0.4) is 0 Å². The van der Waals surface area contributed by atoms with Crippen molar-refractivity contribution in [1.29, 1.82) is 0 Å². The van der Waals surface area contributed by atoms with Crippen LogP contribution >= 0.6 is 0 Å². The molecule has 0 saturated carbocycles. The fourth-order valence-corrected chi connectivity index (χ4v) is 5.58. The minimum Gasteiger partial charge on any atom is -0.383 e. The lowest BCUT2D eigenvalue weighted by atomic mass is 10.0. The maximum Gasteiger partial charge on any atom is 0.175 e. The molecule has 2 saturated heterocycles. The molecular formula is C26H31FN6O2S. The van der Waals surface area contributed by atoms with Crippen molar-refractivity contribution in [2.45, 2.75) is 17.4 Å². The van der Waals surface area contributed by atoms with Crippen LogP contribution in [0.1, 0.15) is 18.0 Å². The molecule has 1 unspecified atom stereocenters. The van der Waals surface area contributed by atoms with Crippen molar-refractivity contribution >= 4 is 21.5 Å². The lowest BCUT2D eigenvalue weighted by Crippen LogP contribution is -2.51. The summed E-state index contributed by atoms with van der Waals surface area (Å²) >= 11 is 0. The second-order valence-corrected chi connectivity index (χ2v) is 11.5. The minimum absolute atomic E-state index is 0.174. The molecule has 2 aliphatic heterocycles. The zero-order chi connectivity index (χ0) is 25.3. The van der Waals surface area contributed by atoms with E-state index >= 15 is 0 Å². The van der Waals surface area contributed by atoms with Gasteiger partial charge in [-0.3, -0.25) is 4.90 Å². The molecule has 2 fully saturated rings. The van der Waals surface area contributed by atoms with Gasteiger partial charge >= 0.3 is 0 Å². The highest BCUT2D eigenvalue weighted by molar-refractivity contribution is 7.90. The molecule has 0 bridgehead atoms. The number of sulfone groups is 1. The number of hydrogen-bond acceptors (Lipinski definition) is 8. The number of nitrogens with zero attached hydrogens (tertiary/aromatic N) is 5. The monoisotopic (exact) mass is 510 g/mol. The first-order valence-corrected chi connectivity index (χ1v) is 14.1. The van der Waals surface area contributed by atoms with E-state index in [1.807, 2.05) is 12.1 Å². The molecule has 5 rings (SSSR count). The van der Waals surface area contributed by atoms with Gasteiger partial charge in [-0.25, -0.2) is 22.8 Å². The fraction of sp³-hybridized carbons (Fsp3) is 0.385. The topological polar surface area (TPSA) is 95.7 Å². The Kier molecular flexibility index (Phi) is 6.92. The van der Waals surface area contributed by atoms with Crippen molar-refractivity contribution in [2.24, 2.45) is 0 Å². The molecule has 0 amide bonds. The summed E-state index contributed by atoms with van der Waals surface area (Å²) in [4.78, 5) is 16.2. The Labute approximate surface area is 211 Å². The largest absolute Gasteiger partial charge is 0.383 e. The Bertz CT molecular complexity index is 1310. The number of nitrogens with two attached hydrogens (primary N) is 1. The van der Waals surface area contributed by atoms with Crippen molar-refractivity contribution in [2.75, 3.05) is 62.7 Å². The standard InChI is InChI=1S/C26H31FN6O2S/c1-36(34,35)22-9-5-19(6-10-22)23(17-31-11-2-12-31)32-13-15-33(16-14-32)26-24(25(28)29-18-30-26)20-3-7-21(27)8-4-20/h3-10,18,23H,2,11-17H2,1H3,(H2,28,29,30). The average molecular weight is 511 g/mol. The molecule has 36 heavy (non-hydrogen) atoms. The van der Waals surface area contributed by atoms with Crippen molar-refractivity contribution in [1.82, 2.24) is 19.8 Å². The van der Waals surface area contributed by atoms with Crippen LogP contribution < -0.4 is 10.6 Å². The second kappa shape index (κ2) is 10.1. The van der Waals surface area contributed by atoms with Crippen molar-refractivity contribution < 1.29 is 12.8 Å². The summed E-state index contributed by atoms with van der Waals surface area (Å²) in [7, 11) is -3.23. The lowest BCUT2D eigenvalue weighted by molar-refractivity contribution is 0.0966. The van der Waals surface area contributed by atoms with E-state index in [0.717, 1.165) is 68.3 Å². The maximum atomic E-state index is 13.5. The van der Waals surface area contributed by atoms with Gasteiger partial charge < -0.3 is 15.5 Å². The first-order chi connectivity index (χ1) is 17.3. The summed E-state index contributed by atoms with van der Waals surface area (Å²) in [6.07, 6.45) is 3.92. The van der Waals surface area contributed by atoms with Crippen LogP contribution in [0.4, 0.5) is 16.0 Å². The van der Waals surface area contributed by atoms with Gasteiger partial charge in [0.05, 0.1) is 10.5 Å². The van der Waals surface area contributed by atoms with Crippen LogP contribution in [0.25, 0.3) is 11.1 Å².